The Bertz CT molecular complexity index is 4160. The molecular weight excluding hydrogens is 1020 g/mol. The summed E-state index contributed by atoms with van der Waals surface area (Å²) in [6.45, 7) is 13.6. The molecule has 0 spiro atoms. The monoisotopic (exact) mass is 1100 g/mol. The van der Waals surface area contributed by atoms with Gasteiger partial charge in [-0.3, -0.25) is 19.2 Å². The molecule has 2 aliphatic rings. The highest BCUT2D eigenvalue weighted by Gasteiger charge is 2.23. The Morgan fingerprint density at radius 1 is 0.537 bits per heavy atom. The van der Waals surface area contributed by atoms with Crippen LogP contribution in [0, 0.1) is 0 Å². The van der Waals surface area contributed by atoms with Crippen LogP contribution in [0.3, 0.4) is 0 Å². The van der Waals surface area contributed by atoms with Gasteiger partial charge in [-0.2, -0.15) is 0 Å². The van der Waals surface area contributed by atoms with E-state index in [2.05, 4.69) is 134 Å². The van der Waals surface area contributed by atoms with Gasteiger partial charge in [-0.15, -0.1) is 0 Å². The quantitative estimate of drug-likeness (QED) is 0.0558. The van der Waals surface area contributed by atoms with Crippen molar-refractivity contribution in [2.24, 2.45) is 0 Å². The van der Waals surface area contributed by atoms with Crippen molar-refractivity contribution in [1.82, 2.24) is 53.4 Å². The minimum atomic E-state index is -0.152. The van der Waals surface area contributed by atoms with Crippen LogP contribution in [0.5, 0.6) is 0 Å². The van der Waals surface area contributed by atoms with Gasteiger partial charge in [-0.25, -0.2) is 19.9 Å². The van der Waals surface area contributed by atoms with Gasteiger partial charge in [0.2, 0.25) is 11.8 Å². The minimum Gasteiger partial charge on any atom is -0.372 e. The zero-order chi connectivity index (χ0) is 56.3. The third kappa shape index (κ3) is 11.1. The average Bonchev–Trinajstić information content (AvgIpc) is 4.46. The van der Waals surface area contributed by atoms with Crippen molar-refractivity contribution in [3.63, 3.8) is 0 Å². The number of aromatic amines is 2. The molecule has 5 aromatic heterocycles. The number of unbranched alkanes of at least 4 members (excludes halogenated alkanes) is 4. The lowest BCUT2D eigenvalue weighted by atomic mass is 10.1. The molecule has 12 rings (SSSR count). The van der Waals surface area contributed by atoms with Crippen LogP contribution in [0.2, 0.25) is 0 Å². The van der Waals surface area contributed by atoms with E-state index in [1.807, 2.05) is 28.0 Å². The Morgan fingerprint density at radius 3 is 1.80 bits per heavy atom. The maximum atomic E-state index is 13.6. The SMILES string of the molecule is CCCCc1nc2cc3c(cc2[nH]c1=O)nc(C=Cc1ccc(N(CC)CCCCCCc2nc4cc5c(cc4[nH]c2=O)nc(-c2ccc4c(c2)c2ccccc2n4CC)n5CCCN2CCCC2=O)cc1)n3CCCN1CCCC1=O. The van der Waals surface area contributed by atoms with Gasteiger partial charge in [0.25, 0.3) is 11.1 Å². The summed E-state index contributed by atoms with van der Waals surface area (Å²) in [5.74, 6) is 2.14. The lowest BCUT2D eigenvalue weighted by Crippen LogP contribution is -2.26. The summed E-state index contributed by atoms with van der Waals surface area (Å²) in [5, 5.41) is 2.41. The number of H-pyrrole nitrogens is 2. The first-order chi connectivity index (χ1) is 40.1. The van der Waals surface area contributed by atoms with E-state index in [9.17, 15) is 19.2 Å². The second kappa shape index (κ2) is 24.0. The molecule has 0 aliphatic carbocycles. The molecule has 0 saturated carbocycles. The molecular formula is C66H74N12O4. The topological polar surface area (TPSA) is 176 Å². The van der Waals surface area contributed by atoms with Gasteiger partial charge in [0, 0.05) is 105 Å². The largest absolute Gasteiger partial charge is 0.372 e. The Labute approximate surface area is 476 Å². The number of aryl methyl sites for hydroxylation is 5. The number of imidazole rings is 2. The number of fused-ring (bicyclic) bond motifs is 7. The van der Waals surface area contributed by atoms with Crippen LogP contribution in [-0.4, -0.2) is 104 Å². The van der Waals surface area contributed by atoms with E-state index in [4.69, 9.17) is 19.9 Å². The summed E-state index contributed by atoms with van der Waals surface area (Å²) >= 11 is 0. The molecule has 2 N–H and O–H groups in total. The zero-order valence-electron chi connectivity index (χ0n) is 47.7. The number of para-hydroxylation sites is 1. The van der Waals surface area contributed by atoms with Crippen LogP contribution >= 0.6 is 0 Å². The molecule has 5 aromatic carbocycles. The zero-order valence-corrected chi connectivity index (χ0v) is 47.7. The summed E-state index contributed by atoms with van der Waals surface area (Å²) in [4.78, 5) is 84.1. The number of aromatic nitrogens is 9. The number of amides is 2. The van der Waals surface area contributed by atoms with Gasteiger partial charge in [-0.05, 0) is 144 Å². The van der Waals surface area contributed by atoms with E-state index in [1.165, 1.54) is 27.5 Å². The van der Waals surface area contributed by atoms with Crippen LogP contribution < -0.4 is 16.0 Å². The second-order valence-electron chi connectivity index (χ2n) is 22.4. The number of hydrogen-bond donors (Lipinski definition) is 2. The highest BCUT2D eigenvalue weighted by atomic mass is 16.2. The summed E-state index contributed by atoms with van der Waals surface area (Å²) in [6.07, 6.45) is 15.9. The first kappa shape index (κ1) is 54.2. The number of rotatable bonds is 24. The van der Waals surface area contributed by atoms with Gasteiger partial charge < -0.3 is 38.4 Å². The number of carbonyl (C=O) groups is 2. The Kier molecular flexibility index (Phi) is 15.8. The lowest BCUT2D eigenvalue weighted by molar-refractivity contribution is -0.128. The standard InChI is InChI=1S/C66H74N12O4/c1-4-7-19-49-65(81)71-51-40-55-59(42-53(51)67-49)77(37-16-35-74-33-14-22-62(74)79)61(69-55)31-26-44-24-28-46(29-25-44)73(5-2)32-13-9-8-10-20-50-66(82)72-52-41-56-60(43-54(52)68-50)78(38-17-36-75-34-15-23-63(75)80)64(70-56)45-27-30-58-48(39-45)47-18-11-12-21-57(47)76(58)6-3/h11-12,18,21,24-31,39-43H,4-10,13-17,19-20,22-23,32-38H2,1-3H3,(H,71,81)(H,72,82). The molecule has 82 heavy (non-hydrogen) atoms. The second-order valence-corrected chi connectivity index (χ2v) is 22.4. The molecule has 16 nitrogen and oxygen atoms in total. The third-order valence-electron chi connectivity index (χ3n) is 17.0. The normalized spacial score (nSPS) is 14.1. The first-order valence-electron chi connectivity index (χ1n) is 30.1. The van der Waals surface area contributed by atoms with E-state index in [0.29, 0.717) is 74.3 Å². The molecule has 2 aliphatic heterocycles. The number of hydrogen-bond acceptors (Lipinski definition) is 9. The summed E-state index contributed by atoms with van der Waals surface area (Å²) in [6, 6.07) is 31.9. The van der Waals surface area contributed by atoms with E-state index in [0.717, 1.165) is 153 Å². The molecule has 7 heterocycles. The van der Waals surface area contributed by atoms with Crippen LogP contribution in [0.4, 0.5) is 5.69 Å². The van der Waals surface area contributed by atoms with Crippen molar-refractivity contribution in [2.75, 3.05) is 44.2 Å². The fraction of sp³-hybridized carbons (Fsp3) is 0.394. The van der Waals surface area contributed by atoms with Gasteiger partial charge >= 0.3 is 0 Å². The number of nitrogens with one attached hydrogen (secondary N) is 2. The molecule has 0 radical (unpaired) electrons. The minimum absolute atomic E-state index is 0.143. The van der Waals surface area contributed by atoms with Crippen LogP contribution in [0.25, 0.3) is 89.5 Å². The highest BCUT2D eigenvalue weighted by Crippen LogP contribution is 2.35. The number of benzene rings is 5. The van der Waals surface area contributed by atoms with Gasteiger partial charge in [0.05, 0.1) is 44.1 Å². The van der Waals surface area contributed by atoms with Crippen molar-refractivity contribution in [2.45, 2.75) is 130 Å². The Hall–Kier alpha value is -8.40. The fourth-order valence-corrected chi connectivity index (χ4v) is 12.6. The van der Waals surface area contributed by atoms with E-state index in [-0.39, 0.29) is 22.9 Å². The third-order valence-corrected chi connectivity index (χ3v) is 17.0. The molecule has 0 bridgehead atoms. The molecule has 0 unspecified atom stereocenters. The molecule has 2 saturated heterocycles. The predicted molar refractivity (Wildman–Crippen MR) is 330 cm³/mol. The number of anilines is 1. The maximum Gasteiger partial charge on any atom is 0.270 e. The number of carbonyl (C=O) groups excluding carboxylic acids is 2. The highest BCUT2D eigenvalue weighted by molar-refractivity contribution is 6.09. The summed E-state index contributed by atoms with van der Waals surface area (Å²) < 4.78 is 6.86. The van der Waals surface area contributed by atoms with Crippen LogP contribution in [0.1, 0.15) is 121 Å². The van der Waals surface area contributed by atoms with Crippen molar-refractivity contribution in [3.05, 3.63) is 134 Å². The molecule has 2 fully saturated rings. The average molecular weight is 1100 g/mol. The van der Waals surface area contributed by atoms with E-state index >= 15 is 0 Å². The van der Waals surface area contributed by atoms with E-state index < -0.39 is 0 Å². The van der Waals surface area contributed by atoms with Gasteiger partial charge in [0.15, 0.2) is 0 Å². The van der Waals surface area contributed by atoms with Crippen molar-refractivity contribution >= 4 is 95.6 Å². The van der Waals surface area contributed by atoms with Crippen LogP contribution in [0.15, 0.2) is 101 Å². The molecule has 10 aromatic rings. The van der Waals surface area contributed by atoms with E-state index in [1.54, 1.807) is 0 Å². The smallest absolute Gasteiger partial charge is 0.270 e. The first-order valence-corrected chi connectivity index (χ1v) is 30.1. The molecule has 422 valence electrons. The molecule has 2 amide bonds. The predicted octanol–water partition coefficient (Wildman–Crippen LogP) is 11.8. The van der Waals surface area contributed by atoms with Crippen LogP contribution in [-0.2, 0) is 42.1 Å². The summed E-state index contributed by atoms with van der Waals surface area (Å²) in [7, 11) is 0. The maximum absolute atomic E-state index is 13.6. The molecule has 0 atom stereocenters. The molecule has 16 heteroatoms. The Morgan fingerprint density at radius 2 is 1.16 bits per heavy atom. The van der Waals surface area contributed by atoms with Gasteiger partial charge in [-0.1, -0.05) is 62.6 Å². The fourth-order valence-electron chi connectivity index (χ4n) is 12.6. The van der Waals surface area contributed by atoms with Crippen molar-refractivity contribution < 1.29 is 9.59 Å². The number of nitrogens with zero attached hydrogens (tertiary/aromatic N) is 10. The van der Waals surface area contributed by atoms with Crippen molar-refractivity contribution in [1.29, 1.82) is 0 Å². The van der Waals surface area contributed by atoms with Crippen molar-refractivity contribution in [3.8, 4) is 11.4 Å². The number of likely N-dealkylation sites (tertiary alicyclic amines) is 2. The lowest BCUT2D eigenvalue weighted by Gasteiger charge is -2.23. The Balaban J connectivity index is 0.700. The van der Waals surface area contributed by atoms with Gasteiger partial charge in [0.1, 0.15) is 23.0 Å². The summed E-state index contributed by atoms with van der Waals surface area (Å²) in [5.41, 5.74) is 12.8.